The molecular formula is C10H10N2O. The van der Waals surface area contributed by atoms with Crippen LogP contribution in [0.5, 0.6) is 0 Å². The number of nitrogens with one attached hydrogen (secondary N) is 1. The van der Waals surface area contributed by atoms with E-state index in [2.05, 4.69) is 13.2 Å². The molecule has 3 heteroatoms. The second-order valence-electron chi connectivity index (χ2n) is 2.10. The summed E-state index contributed by atoms with van der Waals surface area (Å²) in [5, 5.41) is 10.0. The highest BCUT2D eigenvalue weighted by atomic mass is 16.1. The van der Waals surface area contributed by atoms with Gasteiger partial charge in [0.25, 0.3) is 5.91 Å². The Labute approximate surface area is 77.4 Å². The smallest absolute Gasteiger partial charge is 0.256 e. The van der Waals surface area contributed by atoms with Gasteiger partial charge in [0.1, 0.15) is 0 Å². The van der Waals surface area contributed by atoms with Crippen LogP contribution in [0.15, 0.2) is 49.1 Å². The quantitative estimate of drug-likeness (QED) is 0.303. The van der Waals surface area contributed by atoms with Gasteiger partial charge >= 0.3 is 0 Å². The largest absolute Gasteiger partial charge is 0.269 e. The van der Waals surface area contributed by atoms with E-state index < -0.39 is 5.91 Å². The Bertz CT molecular complexity index is 305. The van der Waals surface area contributed by atoms with E-state index in [-0.39, 0.29) is 0 Å². The molecule has 0 aliphatic carbocycles. The molecule has 0 fully saturated rings. The summed E-state index contributed by atoms with van der Waals surface area (Å²) in [5.41, 5.74) is 0.660. The van der Waals surface area contributed by atoms with Crippen LogP contribution < -0.4 is 5.32 Å². The molecule has 0 aliphatic rings. The molecule has 0 rings (SSSR count). The van der Waals surface area contributed by atoms with Gasteiger partial charge in [-0.15, -0.1) is 0 Å². The molecule has 13 heavy (non-hydrogen) atoms. The van der Waals surface area contributed by atoms with Gasteiger partial charge in [0.15, 0.2) is 6.19 Å². The zero-order valence-electron chi connectivity index (χ0n) is 7.16. The Morgan fingerprint density at radius 2 is 2.08 bits per heavy atom. The number of hydrogen-bond acceptors (Lipinski definition) is 2. The number of carbonyl (C=O) groups excluding carboxylic acids is 1. The summed E-state index contributed by atoms with van der Waals surface area (Å²) >= 11 is 0. The van der Waals surface area contributed by atoms with Gasteiger partial charge in [0.05, 0.1) is 0 Å². The van der Waals surface area contributed by atoms with Gasteiger partial charge in [-0.05, 0) is 5.57 Å². The Hall–Kier alpha value is -2.08. The van der Waals surface area contributed by atoms with E-state index in [0.29, 0.717) is 5.57 Å². The molecule has 0 bridgehead atoms. The minimum atomic E-state index is -0.462. The molecule has 0 atom stereocenters. The molecule has 0 saturated carbocycles. The van der Waals surface area contributed by atoms with E-state index >= 15 is 0 Å². The third-order valence-electron chi connectivity index (χ3n) is 1.07. The Morgan fingerprint density at radius 1 is 1.38 bits per heavy atom. The van der Waals surface area contributed by atoms with Crippen molar-refractivity contribution in [3.63, 3.8) is 0 Å². The van der Waals surface area contributed by atoms with E-state index in [1.54, 1.807) is 18.2 Å². The molecule has 0 aromatic heterocycles. The summed E-state index contributed by atoms with van der Waals surface area (Å²) in [4.78, 5) is 10.7. The zero-order chi connectivity index (χ0) is 10.1. The van der Waals surface area contributed by atoms with Crippen LogP contribution in [0.3, 0.4) is 0 Å². The van der Waals surface area contributed by atoms with Crippen molar-refractivity contribution >= 4 is 5.91 Å². The van der Waals surface area contributed by atoms with Crippen molar-refractivity contribution in [3.05, 3.63) is 49.1 Å². The predicted molar refractivity (Wildman–Crippen MR) is 51.4 cm³/mol. The fourth-order valence-corrected chi connectivity index (χ4v) is 0.527. The summed E-state index contributed by atoms with van der Waals surface area (Å²) in [6.07, 6.45) is 9.27. The van der Waals surface area contributed by atoms with E-state index in [4.69, 9.17) is 5.26 Å². The molecule has 0 heterocycles. The molecule has 0 aromatic carbocycles. The Balaban J connectivity index is 4.06. The van der Waals surface area contributed by atoms with Crippen LogP contribution in [-0.4, -0.2) is 5.91 Å². The fraction of sp³-hybridized carbons (Fsp3) is 0. The number of carbonyl (C=O) groups is 1. The Kier molecular flexibility index (Phi) is 5.56. The number of allylic oxidation sites excluding steroid dienone is 5. The normalized spacial score (nSPS) is 9.77. The molecule has 0 radical (unpaired) electrons. The van der Waals surface area contributed by atoms with E-state index in [1.807, 2.05) is 5.32 Å². The van der Waals surface area contributed by atoms with E-state index in [9.17, 15) is 4.79 Å². The standard InChI is InChI=1S/C10H10N2O/c1-3-4-5-9(2)6-7-10(13)12-8-11/h3-7H,1-2H2,(H,12,13)/b5-4-,7-6-. The van der Waals surface area contributed by atoms with Crippen molar-refractivity contribution in [2.75, 3.05) is 0 Å². The maximum Gasteiger partial charge on any atom is 0.256 e. The van der Waals surface area contributed by atoms with Crippen molar-refractivity contribution in [2.24, 2.45) is 0 Å². The molecule has 0 aliphatic heterocycles. The molecule has 0 unspecified atom stereocenters. The maximum atomic E-state index is 10.7. The van der Waals surface area contributed by atoms with Gasteiger partial charge in [-0.3, -0.25) is 10.1 Å². The third kappa shape index (κ3) is 6.32. The Morgan fingerprint density at radius 3 is 2.62 bits per heavy atom. The van der Waals surface area contributed by atoms with Crippen LogP contribution in [0.25, 0.3) is 0 Å². The van der Waals surface area contributed by atoms with E-state index in [0.717, 1.165) is 0 Å². The lowest BCUT2D eigenvalue weighted by atomic mass is 10.2. The van der Waals surface area contributed by atoms with Gasteiger partial charge in [-0.25, -0.2) is 0 Å². The summed E-state index contributed by atoms with van der Waals surface area (Å²) < 4.78 is 0. The predicted octanol–water partition coefficient (Wildman–Crippen LogP) is 1.44. The van der Waals surface area contributed by atoms with Crippen LogP contribution in [0.2, 0.25) is 0 Å². The molecule has 0 saturated heterocycles. The van der Waals surface area contributed by atoms with Gasteiger partial charge in [0.2, 0.25) is 0 Å². The number of rotatable bonds is 4. The fourth-order valence-electron chi connectivity index (χ4n) is 0.527. The lowest BCUT2D eigenvalue weighted by Gasteiger charge is -1.88. The minimum Gasteiger partial charge on any atom is -0.269 e. The van der Waals surface area contributed by atoms with E-state index in [1.165, 1.54) is 18.3 Å². The molecule has 1 amide bonds. The van der Waals surface area contributed by atoms with Crippen LogP contribution in [0.4, 0.5) is 0 Å². The monoisotopic (exact) mass is 174 g/mol. The van der Waals surface area contributed by atoms with Crippen molar-refractivity contribution in [1.29, 1.82) is 5.26 Å². The van der Waals surface area contributed by atoms with Crippen LogP contribution in [-0.2, 0) is 4.79 Å². The molecule has 0 aromatic rings. The van der Waals surface area contributed by atoms with Crippen molar-refractivity contribution < 1.29 is 4.79 Å². The van der Waals surface area contributed by atoms with Gasteiger partial charge in [-0.2, -0.15) is 5.26 Å². The van der Waals surface area contributed by atoms with Crippen molar-refractivity contribution in [3.8, 4) is 6.19 Å². The number of nitrogens with zero attached hydrogens (tertiary/aromatic N) is 1. The molecule has 0 spiro atoms. The topological polar surface area (TPSA) is 52.9 Å². The number of nitriles is 1. The average Bonchev–Trinajstić information content (AvgIpc) is 2.12. The first-order valence-corrected chi connectivity index (χ1v) is 3.56. The second kappa shape index (κ2) is 6.62. The molecular weight excluding hydrogens is 164 g/mol. The van der Waals surface area contributed by atoms with Crippen LogP contribution in [0.1, 0.15) is 0 Å². The second-order valence-corrected chi connectivity index (χ2v) is 2.10. The van der Waals surface area contributed by atoms with Gasteiger partial charge in [-0.1, -0.05) is 37.5 Å². The third-order valence-corrected chi connectivity index (χ3v) is 1.07. The van der Waals surface area contributed by atoms with Gasteiger partial charge in [0, 0.05) is 6.08 Å². The molecule has 3 nitrogen and oxygen atoms in total. The summed E-state index contributed by atoms with van der Waals surface area (Å²) in [6, 6.07) is 0. The first-order valence-electron chi connectivity index (χ1n) is 3.56. The van der Waals surface area contributed by atoms with Crippen molar-refractivity contribution in [2.45, 2.75) is 0 Å². The minimum absolute atomic E-state index is 0.462. The highest BCUT2D eigenvalue weighted by molar-refractivity contribution is 5.89. The summed E-state index contributed by atoms with van der Waals surface area (Å²) in [5.74, 6) is -0.462. The lowest BCUT2D eigenvalue weighted by molar-refractivity contribution is -0.115. The first kappa shape index (κ1) is 10.9. The first-order chi connectivity index (χ1) is 6.20. The van der Waals surface area contributed by atoms with Crippen molar-refractivity contribution in [1.82, 2.24) is 5.32 Å². The zero-order valence-corrected chi connectivity index (χ0v) is 7.16. The number of amides is 1. The van der Waals surface area contributed by atoms with Gasteiger partial charge < -0.3 is 0 Å². The van der Waals surface area contributed by atoms with Crippen LogP contribution >= 0.6 is 0 Å². The highest BCUT2D eigenvalue weighted by Crippen LogP contribution is 1.94. The van der Waals surface area contributed by atoms with Crippen LogP contribution in [0, 0.1) is 11.5 Å². The summed E-state index contributed by atoms with van der Waals surface area (Å²) in [7, 11) is 0. The number of hydrogen-bond donors (Lipinski definition) is 1. The highest BCUT2D eigenvalue weighted by Gasteiger charge is 1.89. The SMILES string of the molecule is C=C/C=C\C(=C)/C=C\C(=O)NC#N. The average molecular weight is 174 g/mol. The summed E-state index contributed by atoms with van der Waals surface area (Å²) in [6.45, 7) is 7.12. The molecule has 66 valence electrons. The maximum absolute atomic E-state index is 10.7. The lowest BCUT2D eigenvalue weighted by Crippen LogP contribution is -2.13. The molecule has 1 N–H and O–H groups in total.